The summed E-state index contributed by atoms with van der Waals surface area (Å²) in [4.78, 5) is 0.299. The molecule has 0 atom stereocenters. The molecule has 1 nitrogen and oxygen atoms in total. The highest BCUT2D eigenvalue weighted by Crippen LogP contribution is 2.35. The predicted octanol–water partition coefficient (Wildman–Crippen LogP) is 4.98. The summed E-state index contributed by atoms with van der Waals surface area (Å²) >= 11 is 1.36. The average Bonchev–Trinajstić information content (AvgIpc) is 2.45. The van der Waals surface area contributed by atoms with E-state index >= 15 is 0 Å². The number of halogens is 2. The zero-order valence-corrected chi connectivity index (χ0v) is 12.0. The van der Waals surface area contributed by atoms with Crippen molar-refractivity contribution in [1.82, 2.24) is 0 Å². The summed E-state index contributed by atoms with van der Waals surface area (Å²) in [7, 11) is 0. The molecule has 1 aliphatic carbocycles. The zero-order valence-electron chi connectivity index (χ0n) is 11.2. The van der Waals surface area contributed by atoms with Crippen LogP contribution < -0.4 is 0 Å². The van der Waals surface area contributed by atoms with Crippen molar-refractivity contribution in [3.05, 3.63) is 23.8 Å². The van der Waals surface area contributed by atoms with Crippen LogP contribution in [0.1, 0.15) is 39.0 Å². The van der Waals surface area contributed by atoms with E-state index in [9.17, 15) is 8.78 Å². The van der Waals surface area contributed by atoms with Gasteiger partial charge in [0.15, 0.2) is 11.6 Å². The first kappa shape index (κ1) is 14.6. The fourth-order valence-electron chi connectivity index (χ4n) is 2.65. The molecular weight excluding hydrogens is 266 g/mol. The number of hydrogen-bond donors (Lipinski definition) is 1. The fourth-order valence-corrected chi connectivity index (χ4v) is 3.78. The molecule has 1 aromatic carbocycles. The van der Waals surface area contributed by atoms with Gasteiger partial charge in [0.2, 0.25) is 5.82 Å². The molecule has 0 amide bonds. The first-order valence-corrected chi connectivity index (χ1v) is 7.90. The van der Waals surface area contributed by atoms with E-state index in [-0.39, 0.29) is 0 Å². The first-order chi connectivity index (χ1) is 9.11. The Hall–Kier alpha value is -0.770. The smallest absolute Gasteiger partial charge is 0.201 e. The highest BCUT2D eigenvalue weighted by Gasteiger charge is 2.21. The van der Waals surface area contributed by atoms with Crippen molar-refractivity contribution >= 4 is 11.8 Å². The Balaban J connectivity index is 1.88. The molecule has 0 heterocycles. The number of phenols is 1. The van der Waals surface area contributed by atoms with E-state index < -0.39 is 17.4 Å². The number of hydrogen-bond acceptors (Lipinski definition) is 2. The van der Waals surface area contributed by atoms with Gasteiger partial charge in [0.05, 0.1) is 0 Å². The Morgan fingerprint density at radius 1 is 1.11 bits per heavy atom. The van der Waals surface area contributed by atoms with Gasteiger partial charge in [-0.05, 0) is 36.8 Å². The van der Waals surface area contributed by atoms with Crippen LogP contribution in [0, 0.1) is 23.5 Å². The van der Waals surface area contributed by atoms with Crippen molar-refractivity contribution in [2.75, 3.05) is 5.75 Å². The molecule has 19 heavy (non-hydrogen) atoms. The Morgan fingerprint density at radius 3 is 2.37 bits per heavy atom. The van der Waals surface area contributed by atoms with Gasteiger partial charge < -0.3 is 5.11 Å². The van der Waals surface area contributed by atoms with E-state index in [1.807, 2.05) is 0 Å². The van der Waals surface area contributed by atoms with E-state index in [4.69, 9.17) is 5.11 Å². The number of phenolic OH excluding ortho intramolecular Hbond substituents is 1. The highest BCUT2D eigenvalue weighted by atomic mass is 32.2. The molecule has 1 saturated carbocycles. The second kappa shape index (κ2) is 6.60. The maximum atomic E-state index is 13.6. The Morgan fingerprint density at radius 2 is 1.74 bits per heavy atom. The summed E-state index contributed by atoms with van der Waals surface area (Å²) in [6.45, 7) is 2.23. The van der Waals surface area contributed by atoms with Crippen LogP contribution in [0.4, 0.5) is 8.78 Å². The maximum Gasteiger partial charge on any atom is 0.201 e. The summed E-state index contributed by atoms with van der Waals surface area (Å²) < 4.78 is 26.8. The topological polar surface area (TPSA) is 20.2 Å². The van der Waals surface area contributed by atoms with Gasteiger partial charge in [0, 0.05) is 10.6 Å². The molecule has 0 aliphatic heterocycles. The van der Waals surface area contributed by atoms with Crippen LogP contribution in [0.25, 0.3) is 0 Å². The molecule has 0 spiro atoms. The van der Waals surface area contributed by atoms with Gasteiger partial charge in [-0.15, -0.1) is 11.8 Å². The molecule has 1 aromatic rings. The van der Waals surface area contributed by atoms with Crippen LogP contribution in [0.2, 0.25) is 0 Å². The molecule has 0 aromatic heterocycles. The standard InChI is InChI=1S/C15H20F2OS/c1-2-10-3-5-11(6-4-10)9-19-13-8-7-12(18)14(16)15(13)17/h7-8,10-11,18H,2-6,9H2,1H3. The Labute approximate surface area is 117 Å². The van der Waals surface area contributed by atoms with E-state index in [1.165, 1.54) is 56.0 Å². The SMILES string of the molecule is CCC1CCC(CSc2ccc(O)c(F)c2F)CC1. The largest absolute Gasteiger partial charge is 0.505 e. The summed E-state index contributed by atoms with van der Waals surface area (Å²) in [5.74, 6) is -0.400. The van der Waals surface area contributed by atoms with Crippen LogP contribution in [-0.2, 0) is 0 Å². The van der Waals surface area contributed by atoms with E-state index in [2.05, 4.69) is 6.92 Å². The molecule has 0 unspecified atom stereocenters. The predicted molar refractivity (Wildman–Crippen MR) is 74.5 cm³/mol. The monoisotopic (exact) mass is 286 g/mol. The van der Waals surface area contributed by atoms with Crippen LogP contribution >= 0.6 is 11.8 Å². The van der Waals surface area contributed by atoms with E-state index in [0.29, 0.717) is 10.8 Å². The van der Waals surface area contributed by atoms with Crippen LogP contribution in [0.5, 0.6) is 5.75 Å². The molecule has 0 bridgehead atoms. The zero-order chi connectivity index (χ0) is 13.8. The lowest BCUT2D eigenvalue weighted by Gasteiger charge is -2.27. The van der Waals surface area contributed by atoms with Gasteiger partial charge in [-0.3, -0.25) is 0 Å². The van der Waals surface area contributed by atoms with Crippen molar-refractivity contribution < 1.29 is 13.9 Å². The summed E-state index contributed by atoms with van der Waals surface area (Å²) in [6.07, 6.45) is 6.14. The van der Waals surface area contributed by atoms with Gasteiger partial charge in [0.25, 0.3) is 0 Å². The summed E-state index contributed by atoms with van der Waals surface area (Å²) in [5, 5.41) is 9.07. The number of benzene rings is 1. The minimum Gasteiger partial charge on any atom is -0.505 e. The number of rotatable bonds is 4. The third-order valence-corrected chi connectivity index (χ3v) is 5.31. The molecule has 2 rings (SSSR count). The third-order valence-electron chi connectivity index (χ3n) is 4.04. The Bertz CT molecular complexity index is 428. The van der Waals surface area contributed by atoms with Gasteiger partial charge in [0.1, 0.15) is 0 Å². The van der Waals surface area contributed by atoms with E-state index in [0.717, 1.165) is 11.7 Å². The molecular formula is C15H20F2OS. The molecule has 0 saturated heterocycles. The van der Waals surface area contributed by atoms with E-state index in [1.54, 1.807) is 0 Å². The molecule has 1 aliphatic rings. The van der Waals surface area contributed by atoms with Gasteiger partial charge in [-0.2, -0.15) is 4.39 Å². The first-order valence-electron chi connectivity index (χ1n) is 6.91. The average molecular weight is 286 g/mol. The number of aromatic hydroxyl groups is 1. The lowest BCUT2D eigenvalue weighted by molar-refractivity contribution is 0.287. The van der Waals surface area contributed by atoms with Crippen molar-refractivity contribution in [3.63, 3.8) is 0 Å². The van der Waals surface area contributed by atoms with Crippen LogP contribution in [0.3, 0.4) is 0 Å². The molecule has 1 N–H and O–H groups in total. The Kier molecular flexibility index (Phi) is 5.08. The highest BCUT2D eigenvalue weighted by molar-refractivity contribution is 7.99. The van der Waals surface area contributed by atoms with Crippen molar-refractivity contribution in [2.45, 2.75) is 43.9 Å². The van der Waals surface area contributed by atoms with Crippen molar-refractivity contribution in [1.29, 1.82) is 0 Å². The van der Waals surface area contributed by atoms with Crippen molar-refractivity contribution in [2.24, 2.45) is 11.8 Å². The molecule has 1 fully saturated rings. The van der Waals surface area contributed by atoms with Gasteiger partial charge in [-0.25, -0.2) is 4.39 Å². The quantitative estimate of drug-likeness (QED) is 0.788. The van der Waals surface area contributed by atoms with Gasteiger partial charge >= 0.3 is 0 Å². The van der Waals surface area contributed by atoms with Gasteiger partial charge in [-0.1, -0.05) is 26.2 Å². The number of thioether (sulfide) groups is 1. The molecule has 106 valence electrons. The van der Waals surface area contributed by atoms with Crippen LogP contribution in [-0.4, -0.2) is 10.9 Å². The summed E-state index contributed by atoms with van der Waals surface area (Å²) in [5.41, 5.74) is 0. The fraction of sp³-hybridized carbons (Fsp3) is 0.600. The summed E-state index contributed by atoms with van der Waals surface area (Å²) in [6, 6.07) is 2.67. The third kappa shape index (κ3) is 3.62. The lowest BCUT2D eigenvalue weighted by Crippen LogP contribution is -2.15. The van der Waals surface area contributed by atoms with Crippen molar-refractivity contribution in [3.8, 4) is 5.75 Å². The lowest BCUT2D eigenvalue weighted by atomic mass is 9.82. The molecule has 4 heteroatoms. The minimum absolute atomic E-state index is 0.299. The second-order valence-electron chi connectivity index (χ2n) is 5.32. The minimum atomic E-state index is -1.14. The second-order valence-corrected chi connectivity index (χ2v) is 6.38. The van der Waals surface area contributed by atoms with Crippen LogP contribution in [0.15, 0.2) is 17.0 Å². The maximum absolute atomic E-state index is 13.6. The molecule has 0 radical (unpaired) electrons. The normalized spacial score (nSPS) is 23.5.